The Balaban J connectivity index is 2.37. The zero-order chi connectivity index (χ0) is 11.1. The van der Waals surface area contributed by atoms with E-state index in [0.29, 0.717) is 0 Å². The summed E-state index contributed by atoms with van der Waals surface area (Å²) in [5.74, 6) is 0.753. The van der Waals surface area contributed by atoms with Crippen LogP contribution in [0.2, 0.25) is 0 Å². The first-order valence-corrected chi connectivity index (χ1v) is 6.71. The molecule has 1 unspecified atom stereocenters. The van der Waals surface area contributed by atoms with Gasteiger partial charge in [-0.1, -0.05) is 24.1 Å². The summed E-state index contributed by atoms with van der Waals surface area (Å²) in [4.78, 5) is 0.938. The van der Waals surface area contributed by atoms with E-state index in [1.165, 1.54) is 5.56 Å². The van der Waals surface area contributed by atoms with Gasteiger partial charge in [0.1, 0.15) is 0 Å². The van der Waals surface area contributed by atoms with Crippen molar-refractivity contribution in [3.8, 4) is 0 Å². The van der Waals surface area contributed by atoms with Gasteiger partial charge in [0.15, 0.2) is 0 Å². The van der Waals surface area contributed by atoms with E-state index in [9.17, 15) is 4.21 Å². The third kappa shape index (κ3) is 4.58. The standard InChI is InChI=1S/C12H19NOS/c1-11-5-7-12(8-6-11)15(14)10-4-2-3-9-13/h5-8H,2-4,9-10,13H2,1H3. The molecule has 0 saturated carbocycles. The third-order valence-corrected chi connectivity index (χ3v) is 3.78. The summed E-state index contributed by atoms with van der Waals surface area (Å²) in [7, 11) is -0.836. The monoisotopic (exact) mass is 225 g/mol. The van der Waals surface area contributed by atoms with Crippen LogP contribution in [0, 0.1) is 6.92 Å². The summed E-state index contributed by atoms with van der Waals surface area (Å²) >= 11 is 0. The fourth-order valence-corrected chi connectivity index (χ4v) is 2.50. The molecule has 0 fully saturated rings. The maximum atomic E-state index is 11.8. The molecule has 0 bridgehead atoms. The highest BCUT2D eigenvalue weighted by Crippen LogP contribution is 2.10. The molecule has 0 aliphatic heterocycles. The Morgan fingerprint density at radius 3 is 2.40 bits per heavy atom. The second kappa shape index (κ2) is 6.75. The minimum atomic E-state index is -0.836. The molecule has 1 aromatic carbocycles. The molecular formula is C12H19NOS. The normalized spacial score (nSPS) is 12.7. The van der Waals surface area contributed by atoms with Crippen molar-refractivity contribution < 1.29 is 4.21 Å². The van der Waals surface area contributed by atoms with E-state index in [1.54, 1.807) is 0 Å². The highest BCUT2D eigenvalue weighted by molar-refractivity contribution is 7.85. The molecule has 2 nitrogen and oxygen atoms in total. The van der Waals surface area contributed by atoms with Crippen molar-refractivity contribution in [1.82, 2.24) is 0 Å². The largest absolute Gasteiger partial charge is 0.330 e. The zero-order valence-corrected chi connectivity index (χ0v) is 10.1. The Morgan fingerprint density at radius 2 is 1.80 bits per heavy atom. The van der Waals surface area contributed by atoms with Crippen LogP contribution in [0.15, 0.2) is 29.2 Å². The number of nitrogens with two attached hydrogens (primary N) is 1. The molecule has 1 rings (SSSR count). The Bertz CT molecular complexity index is 308. The van der Waals surface area contributed by atoms with E-state index in [0.717, 1.165) is 36.5 Å². The maximum absolute atomic E-state index is 11.8. The van der Waals surface area contributed by atoms with E-state index in [4.69, 9.17) is 5.73 Å². The molecule has 0 aromatic heterocycles. The summed E-state index contributed by atoms with van der Waals surface area (Å²) in [6.45, 7) is 2.77. The lowest BCUT2D eigenvalue weighted by atomic mass is 10.2. The smallest absolute Gasteiger partial charge is 0.0529 e. The fourth-order valence-electron chi connectivity index (χ4n) is 1.36. The maximum Gasteiger partial charge on any atom is 0.0529 e. The van der Waals surface area contributed by atoms with Crippen molar-refractivity contribution in [2.75, 3.05) is 12.3 Å². The molecule has 1 atom stereocenters. The molecule has 0 saturated heterocycles. The van der Waals surface area contributed by atoms with E-state index in [-0.39, 0.29) is 0 Å². The second-order valence-corrected chi connectivity index (χ2v) is 5.28. The zero-order valence-electron chi connectivity index (χ0n) is 9.24. The van der Waals surface area contributed by atoms with Crippen LogP contribution in [0.5, 0.6) is 0 Å². The average Bonchev–Trinajstić information content (AvgIpc) is 2.25. The number of unbranched alkanes of at least 4 members (excludes halogenated alkanes) is 2. The van der Waals surface area contributed by atoms with Gasteiger partial charge in [-0.25, -0.2) is 0 Å². The van der Waals surface area contributed by atoms with E-state index in [2.05, 4.69) is 0 Å². The van der Waals surface area contributed by atoms with E-state index < -0.39 is 10.8 Å². The molecule has 0 amide bonds. The predicted octanol–water partition coefficient (Wildman–Crippen LogP) is 2.23. The predicted molar refractivity (Wildman–Crippen MR) is 65.4 cm³/mol. The second-order valence-electron chi connectivity index (χ2n) is 3.71. The minimum absolute atomic E-state index is 0.733. The van der Waals surface area contributed by atoms with Crippen LogP contribution < -0.4 is 5.73 Å². The molecular weight excluding hydrogens is 206 g/mol. The quantitative estimate of drug-likeness (QED) is 0.754. The molecule has 15 heavy (non-hydrogen) atoms. The van der Waals surface area contributed by atoms with Crippen LogP contribution in [0.25, 0.3) is 0 Å². The molecule has 1 aromatic rings. The van der Waals surface area contributed by atoms with Gasteiger partial charge in [-0.3, -0.25) is 4.21 Å². The lowest BCUT2D eigenvalue weighted by Crippen LogP contribution is -2.01. The van der Waals surface area contributed by atoms with Crippen LogP contribution >= 0.6 is 0 Å². The van der Waals surface area contributed by atoms with Crippen LogP contribution in [0.4, 0.5) is 0 Å². The van der Waals surface area contributed by atoms with Gasteiger partial charge in [-0.2, -0.15) is 0 Å². The van der Waals surface area contributed by atoms with Crippen LogP contribution in [0.1, 0.15) is 24.8 Å². The molecule has 84 valence electrons. The summed E-state index contributed by atoms with van der Waals surface area (Å²) < 4.78 is 11.8. The number of rotatable bonds is 6. The average molecular weight is 225 g/mol. The van der Waals surface area contributed by atoms with Gasteiger partial charge in [0.2, 0.25) is 0 Å². The van der Waals surface area contributed by atoms with Crippen molar-refractivity contribution in [2.45, 2.75) is 31.1 Å². The molecule has 3 heteroatoms. The topological polar surface area (TPSA) is 43.1 Å². The van der Waals surface area contributed by atoms with Gasteiger partial charge < -0.3 is 5.73 Å². The van der Waals surface area contributed by atoms with Gasteiger partial charge >= 0.3 is 0 Å². The van der Waals surface area contributed by atoms with Crippen molar-refractivity contribution in [3.05, 3.63) is 29.8 Å². The van der Waals surface area contributed by atoms with Gasteiger partial charge in [0.05, 0.1) is 10.8 Å². The summed E-state index contributed by atoms with van der Waals surface area (Å²) in [5.41, 5.74) is 6.60. The van der Waals surface area contributed by atoms with E-state index >= 15 is 0 Å². The molecule has 2 N–H and O–H groups in total. The van der Waals surface area contributed by atoms with Crippen molar-refractivity contribution in [3.63, 3.8) is 0 Å². The fraction of sp³-hybridized carbons (Fsp3) is 0.500. The van der Waals surface area contributed by atoms with Crippen LogP contribution in [-0.2, 0) is 10.8 Å². The third-order valence-electron chi connectivity index (χ3n) is 2.32. The van der Waals surface area contributed by atoms with Gasteiger partial charge in [-0.15, -0.1) is 0 Å². The number of benzene rings is 1. The van der Waals surface area contributed by atoms with Crippen LogP contribution in [-0.4, -0.2) is 16.5 Å². The Hall–Kier alpha value is -0.670. The van der Waals surface area contributed by atoms with Crippen molar-refractivity contribution >= 4 is 10.8 Å². The molecule has 0 aliphatic rings. The molecule has 0 aliphatic carbocycles. The number of hydrogen-bond acceptors (Lipinski definition) is 2. The van der Waals surface area contributed by atoms with Crippen molar-refractivity contribution in [1.29, 1.82) is 0 Å². The summed E-state index contributed by atoms with van der Waals surface area (Å²) in [6, 6.07) is 7.92. The van der Waals surface area contributed by atoms with Crippen molar-refractivity contribution in [2.24, 2.45) is 5.73 Å². The van der Waals surface area contributed by atoms with Crippen LogP contribution in [0.3, 0.4) is 0 Å². The number of aryl methyl sites for hydroxylation is 1. The first-order valence-electron chi connectivity index (χ1n) is 5.39. The van der Waals surface area contributed by atoms with E-state index in [1.807, 2.05) is 31.2 Å². The lowest BCUT2D eigenvalue weighted by molar-refractivity contribution is 0.673. The summed E-state index contributed by atoms with van der Waals surface area (Å²) in [6.07, 6.45) is 3.11. The highest BCUT2D eigenvalue weighted by atomic mass is 32.2. The first kappa shape index (κ1) is 12.4. The molecule has 0 spiro atoms. The van der Waals surface area contributed by atoms with Gasteiger partial charge in [-0.05, 0) is 38.4 Å². The van der Waals surface area contributed by atoms with Gasteiger partial charge in [0.25, 0.3) is 0 Å². The SMILES string of the molecule is Cc1ccc(S(=O)CCCCCN)cc1. The lowest BCUT2D eigenvalue weighted by Gasteiger charge is -2.02. The highest BCUT2D eigenvalue weighted by Gasteiger charge is 2.02. The minimum Gasteiger partial charge on any atom is -0.330 e. The Morgan fingerprint density at radius 1 is 1.13 bits per heavy atom. The summed E-state index contributed by atoms with van der Waals surface area (Å²) in [5, 5.41) is 0. The Kier molecular flexibility index (Phi) is 5.58. The van der Waals surface area contributed by atoms with Gasteiger partial charge in [0, 0.05) is 10.6 Å². The first-order chi connectivity index (χ1) is 7.24. The Labute approximate surface area is 94.3 Å². The molecule has 0 heterocycles. The molecule has 0 radical (unpaired) electrons. The number of hydrogen-bond donors (Lipinski definition) is 1.